The quantitative estimate of drug-likeness (QED) is 0.792. The van der Waals surface area contributed by atoms with Crippen molar-refractivity contribution in [3.05, 3.63) is 0 Å². The zero-order chi connectivity index (χ0) is 13.3. The summed E-state index contributed by atoms with van der Waals surface area (Å²) in [4.78, 5) is 11.6. The number of rotatable bonds is 6. The summed E-state index contributed by atoms with van der Waals surface area (Å²) in [6, 6.07) is 0. The topological polar surface area (TPSA) is 55.1 Å². The molecule has 4 saturated carbocycles. The summed E-state index contributed by atoms with van der Waals surface area (Å²) in [6.07, 6.45) is 11.4. The van der Waals surface area contributed by atoms with E-state index in [0.29, 0.717) is 18.4 Å². The molecule has 0 spiro atoms. The van der Waals surface area contributed by atoms with E-state index in [1.54, 1.807) is 0 Å². The van der Waals surface area contributed by atoms with Crippen molar-refractivity contribution >= 4 is 18.3 Å². The second-order valence-corrected chi connectivity index (χ2v) is 7.41. The maximum Gasteiger partial charge on any atom is 0.220 e. The number of nitrogens with one attached hydrogen (secondary N) is 1. The van der Waals surface area contributed by atoms with Crippen molar-refractivity contribution in [1.82, 2.24) is 5.32 Å². The lowest BCUT2D eigenvalue weighted by Gasteiger charge is -2.57. The molecule has 4 fully saturated rings. The molecule has 4 bridgehead atoms. The Kier molecular flexibility index (Phi) is 5.36. The lowest BCUT2D eigenvalue weighted by Crippen LogP contribution is -2.47. The van der Waals surface area contributed by atoms with Gasteiger partial charge in [-0.2, -0.15) is 0 Å². The van der Waals surface area contributed by atoms with Crippen molar-refractivity contribution in [1.29, 1.82) is 0 Å². The minimum Gasteiger partial charge on any atom is -0.356 e. The molecule has 116 valence electrons. The summed E-state index contributed by atoms with van der Waals surface area (Å²) in [6.45, 7) is 1.50. The van der Waals surface area contributed by atoms with Crippen LogP contribution in [0.15, 0.2) is 0 Å². The van der Waals surface area contributed by atoms with E-state index in [9.17, 15) is 4.79 Å². The molecular weight excluding hydrogens is 272 g/mol. The molecule has 4 aliphatic carbocycles. The van der Waals surface area contributed by atoms with Crippen LogP contribution in [0.4, 0.5) is 0 Å². The standard InChI is InChI=1S/C16H28N2O.ClH/c17-4-1-2-15(19)18-5-3-16-9-12-6-13(10-16)8-14(7-12)11-16;/h12-14H,1-11,17H2,(H,18,19);1H. The maximum absolute atomic E-state index is 11.6. The van der Waals surface area contributed by atoms with Crippen LogP contribution in [-0.2, 0) is 4.79 Å². The molecule has 4 heteroatoms. The lowest BCUT2D eigenvalue weighted by atomic mass is 9.49. The van der Waals surface area contributed by atoms with Crippen LogP contribution >= 0.6 is 12.4 Å². The van der Waals surface area contributed by atoms with Crippen LogP contribution in [0.5, 0.6) is 0 Å². The summed E-state index contributed by atoms with van der Waals surface area (Å²) in [5.74, 6) is 3.23. The van der Waals surface area contributed by atoms with Crippen LogP contribution in [0.3, 0.4) is 0 Å². The molecule has 1 amide bonds. The fraction of sp³-hybridized carbons (Fsp3) is 0.938. The Bertz CT molecular complexity index is 310. The van der Waals surface area contributed by atoms with Gasteiger partial charge in [-0.15, -0.1) is 12.4 Å². The van der Waals surface area contributed by atoms with Crippen molar-refractivity contribution in [3.63, 3.8) is 0 Å². The van der Waals surface area contributed by atoms with E-state index in [1.165, 1.54) is 44.9 Å². The average Bonchev–Trinajstić information content (AvgIpc) is 2.34. The molecular formula is C16H29ClN2O. The van der Waals surface area contributed by atoms with Gasteiger partial charge in [0.15, 0.2) is 0 Å². The highest BCUT2D eigenvalue weighted by Crippen LogP contribution is 2.61. The van der Waals surface area contributed by atoms with E-state index in [2.05, 4.69) is 5.32 Å². The molecule has 0 aromatic carbocycles. The van der Waals surface area contributed by atoms with Crippen LogP contribution in [0.2, 0.25) is 0 Å². The van der Waals surface area contributed by atoms with E-state index in [4.69, 9.17) is 5.73 Å². The highest BCUT2D eigenvalue weighted by atomic mass is 35.5. The molecule has 0 atom stereocenters. The monoisotopic (exact) mass is 300 g/mol. The van der Waals surface area contributed by atoms with Crippen molar-refractivity contribution in [2.75, 3.05) is 13.1 Å². The fourth-order valence-corrected chi connectivity index (χ4v) is 5.41. The van der Waals surface area contributed by atoms with Crippen molar-refractivity contribution < 1.29 is 4.79 Å². The molecule has 0 aromatic heterocycles. The molecule has 0 aliphatic heterocycles. The van der Waals surface area contributed by atoms with Crippen molar-refractivity contribution in [2.24, 2.45) is 28.9 Å². The van der Waals surface area contributed by atoms with Gasteiger partial charge in [-0.1, -0.05) is 0 Å². The van der Waals surface area contributed by atoms with Gasteiger partial charge in [-0.3, -0.25) is 4.79 Å². The van der Waals surface area contributed by atoms with Crippen LogP contribution in [0.1, 0.15) is 57.8 Å². The summed E-state index contributed by atoms with van der Waals surface area (Å²) < 4.78 is 0. The SMILES string of the molecule is Cl.NCCCC(=O)NCCC12CC3CC(CC(C3)C1)C2. The van der Waals surface area contributed by atoms with E-state index < -0.39 is 0 Å². The zero-order valence-electron chi connectivity index (χ0n) is 12.4. The first-order valence-electron chi connectivity index (χ1n) is 8.16. The molecule has 0 unspecified atom stereocenters. The third-order valence-corrected chi connectivity index (χ3v) is 5.75. The predicted molar refractivity (Wildman–Crippen MR) is 83.8 cm³/mol. The first-order valence-corrected chi connectivity index (χ1v) is 8.16. The highest BCUT2D eigenvalue weighted by Gasteiger charge is 2.50. The Morgan fingerprint density at radius 1 is 1.10 bits per heavy atom. The zero-order valence-corrected chi connectivity index (χ0v) is 13.2. The normalized spacial score (nSPS) is 37.5. The second-order valence-electron chi connectivity index (χ2n) is 7.41. The Hall–Kier alpha value is -0.280. The van der Waals surface area contributed by atoms with Gasteiger partial charge in [0.1, 0.15) is 0 Å². The molecule has 3 N–H and O–H groups in total. The Labute approximate surface area is 128 Å². The van der Waals surface area contributed by atoms with Gasteiger partial charge in [0.2, 0.25) is 5.91 Å². The number of amides is 1. The van der Waals surface area contributed by atoms with Gasteiger partial charge in [-0.05, 0) is 81.1 Å². The molecule has 0 radical (unpaired) electrons. The minimum atomic E-state index is 0. The predicted octanol–water partition coefficient (Wildman–Crippen LogP) is 2.87. The second kappa shape index (κ2) is 6.65. The maximum atomic E-state index is 11.6. The van der Waals surface area contributed by atoms with Crippen LogP contribution in [-0.4, -0.2) is 19.0 Å². The highest BCUT2D eigenvalue weighted by molar-refractivity contribution is 5.85. The van der Waals surface area contributed by atoms with Gasteiger partial charge < -0.3 is 11.1 Å². The van der Waals surface area contributed by atoms with E-state index >= 15 is 0 Å². The third-order valence-electron chi connectivity index (χ3n) is 5.75. The van der Waals surface area contributed by atoms with Gasteiger partial charge in [0.25, 0.3) is 0 Å². The molecule has 0 aromatic rings. The number of hydrogen-bond donors (Lipinski definition) is 2. The smallest absolute Gasteiger partial charge is 0.220 e. The van der Waals surface area contributed by atoms with Crippen molar-refractivity contribution in [2.45, 2.75) is 57.8 Å². The van der Waals surface area contributed by atoms with E-state index in [0.717, 1.165) is 30.7 Å². The van der Waals surface area contributed by atoms with Gasteiger partial charge in [0.05, 0.1) is 0 Å². The molecule has 0 heterocycles. The van der Waals surface area contributed by atoms with Crippen LogP contribution < -0.4 is 11.1 Å². The number of hydrogen-bond acceptors (Lipinski definition) is 2. The van der Waals surface area contributed by atoms with Crippen molar-refractivity contribution in [3.8, 4) is 0 Å². The van der Waals surface area contributed by atoms with Gasteiger partial charge >= 0.3 is 0 Å². The first kappa shape index (κ1) is 16.1. The summed E-state index contributed by atoms with van der Waals surface area (Å²) in [5, 5.41) is 3.10. The van der Waals surface area contributed by atoms with Crippen LogP contribution in [0.25, 0.3) is 0 Å². The van der Waals surface area contributed by atoms with E-state index in [1.807, 2.05) is 0 Å². The fourth-order valence-electron chi connectivity index (χ4n) is 5.41. The Balaban J connectivity index is 0.00000147. The average molecular weight is 301 g/mol. The number of halogens is 1. The van der Waals surface area contributed by atoms with Gasteiger partial charge in [-0.25, -0.2) is 0 Å². The molecule has 3 nitrogen and oxygen atoms in total. The van der Waals surface area contributed by atoms with E-state index in [-0.39, 0.29) is 18.3 Å². The van der Waals surface area contributed by atoms with Gasteiger partial charge in [0, 0.05) is 13.0 Å². The molecule has 4 rings (SSSR count). The lowest BCUT2D eigenvalue weighted by molar-refractivity contribution is -0.121. The largest absolute Gasteiger partial charge is 0.356 e. The minimum absolute atomic E-state index is 0. The Morgan fingerprint density at radius 2 is 1.65 bits per heavy atom. The number of nitrogens with two attached hydrogens (primary N) is 1. The molecule has 0 saturated heterocycles. The summed E-state index contributed by atoms with van der Waals surface area (Å²) in [7, 11) is 0. The third kappa shape index (κ3) is 3.48. The first-order chi connectivity index (χ1) is 9.19. The number of carbonyl (C=O) groups excluding carboxylic acids is 1. The molecule has 4 aliphatic rings. The Morgan fingerprint density at radius 3 is 2.15 bits per heavy atom. The summed E-state index contributed by atoms with van der Waals surface area (Å²) >= 11 is 0. The number of carbonyl (C=O) groups is 1. The molecule has 20 heavy (non-hydrogen) atoms. The summed E-state index contributed by atoms with van der Waals surface area (Å²) in [5.41, 5.74) is 6.02. The van der Waals surface area contributed by atoms with Crippen LogP contribution in [0, 0.1) is 23.2 Å².